The minimum absolute atomic E-state index is 0.302. The van der Waals surface area contributed by atoms with Crippen LogP contribution < -0.4 is 20.7 Å². The van der Waals surface area contributed by atoms with E-state index in [9.17, 15) is 9.59 Å². The zero-order chi connectivity index (χ0) is 15.5. The van der Waals surface area contributed by atoms with E-state index in [0.717, 1.165) is 11.3 Å². The zero-order valence-electron chi connectivity index (χ0n) is 12.3. The lowest BCUT2D eigenvalue weighted by Crippen LogP contribution is -2.40. The maximum Gasteiger partial charge on any atom is 0.407 e. The lowest BCUT2D eigenvalue weighted by Gasteiger charge is -2.09. The molecule has 0 aliphatic heterocycles. The highest BCUT2D eigenvalue weighted by atomic mass is 16.5. The Morgan fingerprint density at radius 2 is 1.90 bits per heavy atom. The Labute approximate surface area is 124 Å². The van der Waals surface area contributed by atoms with E-state index in [1.54, 1.807) is 14.0 Å². The fourth-order valence-electron chi connectivity index (χ4n) is 1.55. The number of rotatable bonds is 7. The van der Waals surface area contributed by atoms with Gasteiger partial charge < -0.3 is 25.4 Å². The molecule has 0 aliphatic rings. The molecule has 0 spiro atoms. The Bertz CT molecular complexity index is 465. The third-order valence-corrected chi connectivity index (χ3v) is 2.54. The number of nitrogens with one attached hydrogen (secondary N) is 3. The van der Waals surface area contributed by atoms with Crippen LogP contribution in [0.1, 0.15) is 12.5 Å². The number of methoxy groups -OCH3 is 1. The van der Waals surface area contributed by atoms with Crippen molar-refractivity contribution in [2.45, 2.75) is 13.5 Å². The summed E-state index contributed by atoms with van der Waals surface area (Å²) in [6.45, 7) is 3.08. The van der Waals surface area contributed by atoms with Crippen LogP contribution in [0, 0.1) is 0 Å². The number of hydrogen-bond donors (Lipinski definition) is 3. The number of amides is 3. The molecule has 0 aliphatic carbocycles. The second-order valence-corrected chi connectivity index (χ2v) is 4.11. The van der Waals surface area contributed by atoms with Crippen molar-refractivity contribution in [1.29, 1.82) is 0 Å². The Hall–Kier alpha value is -2.44. The van der Waals surface area contributed by atoms with Gasteiger partial charge in [-0.25, -0.2) is 9.59 Å². The second kappa shape index (κ2) is 9.46. The van der Waals surface area contributed by atoms with Crippen LogP contribution in [0.2, 0.25) is 0 Å². The number of urea groups is 1. The summed E-state index contributed by atoms with van der Waals surface area (Å²) in [6, 6.07) is 7.14. The van der Waals surface area contributed by atoms with Crippen LogP contribution in [0.15, 0.2) is 24.3 Å². The van der Waals surface area contributed by atoms with Gasteiger partial charge in [-0.15, -0.1) is 0 Å². The standard InChI is InChI=1S/C14H21N3O4/c1-3-21-14(19)16-8-7-15-13(18)17-10-11-5-4-6-12(9-11)20-2/h4-6,9H,3,7-8,10H2,1-2H3,(H,16,19)(H2,15,17,18). The molecule has 0 saturated heterocycles. The molecule has 1 aromatic rings. The van der Waals surface area contributed by atoms with Crippen LogP contribution in [0.4, 0.5) is 9.59 Å². The lowest BCUT2D eigenvalue weighted by molar-refractivity contribution is 0.152. The number of ether oxygens (including phenoxy) is 2. The van der Waals surface area contributed by atoms with Gasteiger partial charge >= 0.3 is 12.1 Å². The molecule has 0 atom stereocenters. The van der Waals surface area contributed by atoms with Gasteiger partial charge in [0.1, 0.15) is 5.75 Å². The molecule has 3 amide bonds. The Morgan fingerprint density at radius 3 is 2.62 bits per heavy atom. The average molecular weight is 295 g/mol. The molecule has 1 rings (SSSR count). The molecular formula is C14H21N3O4. The van der Waals surface area contributed by atoms with E-state index in [-0.39, 0.29) is 6.03 Å². The quantitative estimate of drug-likeness (QED) is 0.660. The van der Waals surface area contributed by atoms with E-state index in [0.29, 0.717) is 26.2 Å². The van der Waals surface area contributed by atoms with Gasteiger partial charge in [-0.05, 0) is 24.6 Å². The highest BCUT2D eigenvalue weighted by molar-refractivity contribution is 5.74. The Balaban J connectivity index is 2.17. The van der Waals surface area contributed by atoms with E-state index < -0.39 is 6.09 Å². The van der Waals surface area contributed by atoms with Crippen LogP contribution in [-0.4, -0.2) is 38.9 Å². The summed E-state index contributed by atoms with van der Waals surface area (Å²) in [5.74, 6) is 0.744. The fraction of sp³-hybridized carbons (Fsp3) is 0.429. The summed E-state index contributed by atoms with van der Waals surface area (Å²) in [7, 11) is 1.59. The summed E-state index contributed by atoms with van der Waals surface area (Å²) in [6.07, 6.45) is -0.490. The van der Waals surface area contributed by atoms with Gasteiger partial charge in [0.05, 0.1) is 13.7 Å². The number of carbonyl (C=O) groups excluding carboxylic acids is 2. The summed E-state index contributed by atoms with van der Waals surface area (Å²) in [4.78, 5) is 22.5. The Morgan fingerprint density at radius 1 is 1.14 bits per heavy atom. The van der Waals surface area contributed by atoms with Crippen molar-refractivity contribution in [2.24, 2.45) is 0 Å². The predicted molar refractivity (Wildman–Crippen MR) is 78.3 cm³/mol. The van der Waals surface area contributed by atoms with Gasteiger partial charge in [0.25, 0.3) is 0 Å². The van der Waals surface area contributed by atoms with Crippen molar-refractivity contribution in [3.63, 3.8) is 0 Å². The van der Waals surface area contributed by atoms with Crippen LogP contribution in [0.25, 0.3) is 0 Å². The minimum atomic E-state index is -0.490. The summed E-state index contributed by atoms with van der Waals surface area (Å²) >= 11 is 0. The van der Waals surface area contributed by atoms with E-state index in [1.807, 2.05) is 24.3 Å². The molecule has 0 fully saturated rings. The third-order valence-electron chi connectivity index (χ3n) is 2.54. The van der Waals surface area contributed by atoms with Gasteiger partial charge in [0, 0.05) is 19.6 Å². The van der Waals surface area contributed by atoms with Gasteiger partial charge in [0.15, 0.2) is 0 Å². The van der Waals surface area contributed by atoms with Gasteiger partial charge in [-0.2, -0.15) is 0 Å². The average Bonchev–Trinajstić information content (AvgIpc) is 2.50. The van der Waals surface area contributed by atoms with Crippen molar-refractivity contribution in [1.82, 2.24) is 16.0 Å². The number of benzene rings is 1. The molecule has 7 nitrogen and oxygen atoms in total. The highest BCUT2D eigenvalue weighted by Gasteiger charge is 2.02. The Kier molecular flexibility index (Phi) is 7.49. The van der Waals surface area contributed by atoms with E-state index in [4.69, 9.17) is 4.74 Å². The highest BCUT2D eigenvalue weighted by Crippen LogP contribution is 2.11. The van der Waals surface area contributed by atoms with Crippen molar-refractivity contribution >= 4 is 12.1 Å². The first kappa shape index (κ1) is 16.6. The summed E-state index contributed by atoms with van der Waals surface area (Å²) in [5, 5.41) is 7.85. The molecule has 3 N–H and O–H groups in total. The molecule has 116 valence electrons. The molecular weight excluding hydrogens is 274 g/mol. The third kappa shape index (κ3) is 7.05. The van der Waals surface area contributed by atoms with Crippen LogP contribution in [0.3, 0.4) is 0 Å². The van der Waals surface area contributed by atoms with Gasteiger partial charge in [-0.3, -0.25) is 0 Å². The molecule has 0 unspecified atom stereocenters. The van der Waals surface area contributed by atoms with Crippen LogP contribution in [0.5, 0.6) is 5.75 Å². The van der Waals surface area contributed by atoms with Gasteiger partial charge in [-0.1, -0.05) is 12.1 Å². The monoisotopic (exact) mass is 295 g/mol. The summed E-state index contributed by atoms with van der Waals surface area (Å²) in [5.41, 5.74) is 0.939. The first-order chi connectivity index (χ1) is 10.2. The number of alkyl carbamates (subject to hydrolysis) is 1. The van der Waals surface area contributed by atoms with E-state index in [2.05, 4.69) is 20.7 Å². The normalized spacial score (nSPS) is 9.62. The van der Waals surface area contributed by atoms with Crippen LogP contribution in [-0.2, 0) is 11.3 Å². The number of carbonyl (C=O) groups is 2. The molecule has 0 saturated carbocycles. The van der Waals surface area contributed by atoms with Crippen LogP contribution >= 0.6 is 0 Å². The minimum Gasteiger partial charge on any atom is -0.497 e. The topological polar surface area (TPSA) is 88.7 Å². The lowest BCUT2D eigenvalue weighted by atomic mass is 10.2. The van der Waals surface area contributed by atoms with Gasteiger partial charge in [0.2, 0.25) is 0 Å². The van der Waals surface area contributed by atoms with Crippen molar-refractivity contribution < 1.29 is 19.1 Å². The second-order valence-electron chi connectivity index (χ2n) is 4.11. The predicted octanol–water partition coefficient (Wildman–Crippen LogP) is 1.24. The zero-order valence-corrected chi connectivity index (χ0v) is 12.3. The SMILES string of the molecule is CCOC(=O)NCCNC(=O)NCc1cccc(OC)c1. The van der Waals surface area contributed by atoms with Crippen molar-refractivity contribution in [3.8, 4) is 5.75 Å². The molecule has 21 heavy (non-hydrogen) atoms. The molecule has 0 bridgehead atoms. The fourth-order valence-corrected chi connectivity index (χ4v) is 1.55. The largest absolute Gasteiger partial charge is 0.497 e. The van der Waals surface area contributed by atoms with E-state index >= 15 is 0 Å². The first-order valence-corrected chi connectivity index (χ1v) is 6.71. The van der Waals surface area contributed by atoms with Crippen molar-refractivity contribution in [3.05, 3.63) is 29.8 Å². The van der Waals surface area contributed by atoms with E-state index in [1.165, 1.54) is 0 Å². The molecule has 0 aromatic heterocycles. The maximum atomic E-state index is 11.5. The first-order valence-electron chi connectivity index (χ1n) is 6.71. The molecule has 0 radical (unpaired) electrons. The maximum absolute atomic E-state index is 11.5. The smallest absolute Gasteiger partial charge is 0.407 e. The molecule has 7 heteroatoms. The molecule has 1 aromatic carbocycles. The summed E-state index contributed by atoms with van der Waals surface area (Å²) < 4.78 is 9.79. The van der Waals surface area contributed by atoms with Crippen molar-refractivity contribution in [2.75, 3.05) is 26.8 Å². The number of hydrogen-bond acceptors (Lipinski definition) is 4. The molecule has 0 heterocycles.